The monoisotopic (exact) mass is 344 g/mol. The summed E-state index contributed by atoms with van der Waals surface area (Å²) in [5, 5.41) is 6.90. The summed E-state index contributed by atoms with van der Waals surface area (Å²) >= 11 is 0. The molecule has 1 aliphatic heterocycles. The van der Waals surface area contributed by atoms with Gasteiger partial charge >= 0.3 is 6.09 Å². The molecule has 1 saturated heterocycles. The molecule has 1 aromatic carbocycles. The predicted octanol–water partition coefficient (Wildman–Crippen LogP) is 1.03. The van der Waals surface area contributed by atoms with Gasteiger partial charge in [0.15, 0.2) is 0 Å². The van der Waals surface area contributed by atoms with Crippen LogP contribution in [0, 0.1) is 0 Å². The van der Waals surface area contributed by atoms with Crippen LogP contribution in [0.5, 0.6) is 5.75 Å². The van der Waals surface area contributed by atoms with Gasteiger partial charge in [-0.05, 0) is 23.8 Å². The SMILES string of the molecule is COc1cccc(CN2C(=O)OC[C@H]2C(=O)NCCn2cccn2)c1. The van der Waals surface area contributed by atoms with E-state index in [1.165, 1.54) is 4.90 Å². The molecular formula is C17H20N4O4. The number of rotatable bonds is 7. The first-order chi connectivity index (χ1) is 12.2. The number of carbonyl (C=O) groups excluding carboxylic acids is 2. The number of hydrogen-bond acceptors (Lipinski definition) is 5. The Bertz CT molecular complexity index is 732. The molecule has 2 aromatic rings. The van der Waals surface area contributed by atoms with Crippen LogP contribution in [0.25, 0.3) is 0 Å². The number of nitrogens with zero attached hydrogens (tertiary/aromatic N) is 3. The Kier molecular flexibility index (Phi) is 5.17. The molecular weight excluding hydrogens is 324 g/mol. The average Bonchev–Trinajstić information content (AvgIpc) is 3.26. The molecule has 2 amide bonds. The lowest BCUT2D eigenvalue weighted by Gasteiger charge is -2.21. The smallest absolute Gasteiger partial charge is 0.410 e. The standard InChI is InChI=1S/C17H20N4O4/c1-24-14-5-2-4-13(10-14)11-21-15(12-25-17(21)23)16(22)18-7-9-20-8-3-6-19-20/h2-6,8,10,15H,7,9,11-12H2,1H3,(H,18,22)/t15-/m0/s1. The van der Waals surface area contributed by atoms with Crippen molar-refractivity contribution in [2.45, 2.75) is 19.1 Å². The van der Waals surface area contributed by atoms with E-state index in [1.807, 2.05) is 36.5 Å². The second-order valence-corrected chi connectivity index (χ2v) is 5.63. The van der Waals surface area contributed by atoms with Crippen LogP contribution in [0.2, 0.25) is 0 Å². The molecule has 0 saturated carbocycles. The molecule has 8 nitrogen and oxygen atoms in total. The van der Waals surface area contributed by atoms with Crippen LogP contribution in [0.1, 0.15) is 5.56 Å². The topological polar surface area (TPSA) is 85.7 Å². The largest absolute Gasteiger partial charge is 0.497 e. The number of amides is 2. The second kappa shape index (κ2) is 7.69. The Morgan fingerprint density at radius 3 is 3.08 bits per heavy atom. The van der Waals surface area contributed by atoms with E-state index in [9.17, 15) is 9.59 Å². The molecule has 1 aromatic heterocycles. The fraction of sp³-hybridized carbons (Fsp3) is 0.353. The van der Waals surface area contributed by atoms with Gasteiger partial charge in [-0.1, -0.05) is 12.1 Å². The highest BCUT2D eigenvalue weighted by Gasteiger charge is 2.37. The van der Waals surface area contributed by atoms with Gasteiger partial charge < -0.3 is 14.8 Å². The molecule has 1 fully saturated rings. The van der Waals surface area contributed by atoms with Crippen LogP contribution in [0.15, 0.2) is 42.7 Å². The third kappa shape index (κ3) is 4.09. The van der Waals surface area contributed by atoms with E-state index in [4.69, 9.17) is 9.47 Å². The average molecular weight is 344 g/mol. The Balaban J connectivity index is 1.59. The minimum atomic E-state index is -0.642. The van der Waals surface area contributed by atoms with E-state index >= 15 is 0 Å². The number of methoxy groups -OCH3 is 1. The van der Waals surface area contributed by atoms with Crippen LogP contribution >= 0.6 is 0 Å². The summed E-state index contributed by atoms with van der Waals surface area (Å²) < 4.78 is 12.0. The summed E-state index contributed by atoms with van der Waals surface area (Å²) in [5.74, 6) is 0.464. The summed E-state index contributed by atoms with van der Waals surface area (Å²) in [4.78, 5) is 25.8. The highest BCUT2D eigenvalue weighted by atomic mass is 16.6. The number of nitrogens with one attached hydrogen (secondary N) is 1. The summed E-state index contributed by atoms with van der Waals surface area (Å²) in [7, 11) is 1.58. The van der Waals surface area contributed by atoms with Crippen molar-refractivity contribution < 1.29 is 19.1 Å². The van der Waals surface area contributed by atoms with Crippen molar-refractivity contribution in [2.24, 2.45) is 0 Å². The number of hydrogen-bond donors (Lipinski definition) is 1. The van der Waals surface area contributed by atoms with Gasteiger partial charge in [-0.15, -0.1) is 0 Å². The summed E-state index contributed by atoms with van der Waals surface area (Å²) in [6.45, 7) is 1.33. The lowest BCUT2D eigenvalue weighted by atomic mass is 10.1. The van der Waals surface area contributed by atoms with Gasteiger partial charge in [0.25, 0.3) is 0 Å². The van der Waals surface area contributed by atoms with Crippen molar-refractivity contribution in [3.8, 4) is 5.75 Å². The zero-order valence-electron chi connectivity index (χ0n) is 13.9. The van der Waals surface area contributed by atoms with Crippen LogP contribution in [-0.4, -0.2) is 53.0 Å². The molecule has 3 rings (SSSR count). The van der Waals surface area contributed by atoms with Crippen molar-refractivity contribution >= 4 is 12.0 Å². The van der Waals surface area contributed by atoms with Gasteiger partial charge in [-0.25, -0.2) is 4.79 Å². The summed E-state index contributed by atoms with van der Waals surface area (Å²) in [5.41, 5.74) is 0.868. The first-order valence-electron chi connectivity index (χ1n) is 7.99. The summed E-state index contributed by atoms with van der Waals surface area (Å²) in [6, 6.07) is 8.55. The predicted molar refractivity (Wildman–Crippen MR) is 88.9 cm³/mol. The third-order valence-electron chi connectivity index (χ3n) is 3.96. The van der Waals surface area contributed by atoms with E-state index in [0.29, 0.717) is 18.8 Å². The molecule has 0 spiro atoms. The van der Waals surface area contributed by atoms with Crippen molar-refractivity contribution in [1.82, 2.24) is 20.0 Å². The first kappa shape index (κ1) is 16.8. The molecule has 0 unspecified atom stereocenters. The molecule has 1 atom stereocenters. The zero-order valence-corrected chi connectivity index (χ0v) is 13.9. The highest BCUT2D eigenvalue weighted by molar-refractivity contribution is 5.87. The van der Waals surface area contributed by atoms with Crippen molar-refractivity contribution in [2.75, 3.05) is 20.3 Å². The molecule has 132 valence electrons. The number of benzene rings is 1. The van der Waals surface area contributed by atoms with Crippen molar-refractivity contribution in [3.05, 3.63) is 48.3 Å². The maximum atomic E-state index is 12.4. The molecule has 1 aliphatic rings. The van der Waals surface area contributed by atoms with Gasteiger partial charge in [0.05, 0.1) is 20.2 Å². The fourth-order valence-electron chi connectivity index (χ4n) is 2.65. The van der Waals surface area contributed by atoms with Gasteiger partial charge in [0.1, 0.15) is 18.4 Å². The Labute approximate surface area is 145 Å². The van der Waals surface area contributed by atoms with Gasteiger partial charge in [-0.3, -0.25) is 14.4 Å². The normalized spacial score (nSPS) is 16.6. The van der Waals surface area contributed by atoms with E-state index in [-0.39, 0.29) is 19.1 Å². The minimum absolute atomic E-state index is 0.0520. The lowest BCUT2D eigenvalue weighted by Crippen LogP contribution is -2.46. The Morgan fingerprint density at radius 1 is 1.44 bits per heavy atom. The van der Waals surface area contributed by atoms with E-state index < -0.39 is 12.1 Å². The van der Waals surface area contributed by atoms with Crippen LogP contribution in [-0.2, 0) is 22.6 Å². The quantitative estimate of drug-likeness (QED) is 0.811. The number of aromatic nitrogens is 2. The maximum Gasteiger partial charge on any atom is 0.410 e. The van der Waals surface area contributed by atoms with Crippen LogP contribution in [0.4, 0.5) is 4.79 Å². The van der Waals surface area contributed by atoms with Crippen LogP contribution < -0.4 is 10.1 Å². The molecule has 0 radical (unpaired) electrons. The summed E-state index contributed by atoms with van der Waals surface area (Å²) in [6.07, 6.45) is 3.01. The molecule has 0 aliphatic carbocycles. The molecule has 25 heavy (non-hydrogen) atoms. The zero-order chi connectivity index (χ0) is 17.6. The molecule has 8 heteroatoms. The fourth-order valence-corrected chi connectivity index (χ4v) is 2.65. The third-order valence-corrected chi connectivity index (χ3v) is 3.96. The Morgan fingerprint density at radius 2 is 2.32 bits per heavy atom. The highest BCUT2D eigenvalue weighted by Crippen LogP contribution is 2.19. The number of carbonyl (C=O) groups is 2. The second-order valence-electron chi connectivity index (χ2n) is 5.63. The number of ether oxygens (including phenoxy) is 2. The lowest BCUT2D eigenvalue weighted by molar-refractivity contribution is -0.125. The molecule has 1 N–H and O–H groups in total. The van der Waals surface area contributed by atoms with Crippen LogP contribution in [0.3, 0.4) is 0 Å². The minimum Gasteiger partial charge on any atom is -0.497 e. The van der Waals surface area contributed by atoms with Gasteiger partial charge in [0.2, 0.25) is 5.91 Å². The van der Waals surface area contributed by atoms with Gasteiger partial charge in [-0.2, -0.15) is 5.10 Å². The number of cyclic esters (lactones) is 1. The first-order valence-corrected chi connectivity index (χ1v) is 7.99. The molecule has 0 bridgehead atoms. The van der Waals surface area contributed by atoms with E-state index in [0.717, 1.165) is 5.56 Å². The van der Waals surface area contributed by atoms with Crippen molar-refractivity contribution in [1.29, 1.82) is 0 Å². The maximum absolute atomic E-state index is 12.4. The van der Waals surface area contributed by atoms with E-state index in [1.54, 1.807) is 18.0 Å². The molecule has 2 heterocycles. The Hall–Kier alpha value is -3.03. The van der Waals surface area contributed by atoms with Crippen molar-refractivity contribution in [3.63, 3.8) is 0 Å². The van der Waals surface area contributed by atoms with Gasteiger partial charge in [0, 0.05) is 18.9 Å². The van der Waals surface area contributed by atoms with E-state index in [2.05, 4.69) is 10.4 Å².